The number of nitrogens with one attached hydrogen (secondary N) is 1. The highest BCUT2D eigenvalue weighted by molar-refractivity contribution is 5.93. The van der Waals surface area contributed by atoms with Gasteiger partial charge in [0.05, 0.1) is 10.6 Å². The number of carbonyl (C=O) groups excluding carboxylic acids is 1. The molecule has 0 unspecified atom stereocenters. The van der Waals surface area contributed by atoms with Gasteiger partial charge >= 0.3 is 0 Å². The molecule has 3 rings (SSSR count). The van der Waals surface area contributed by atoms with Crippen LogP contribution in [0.1, 0.15) is 5.56 Å². The van der Waals surface area contributed by atoms with Crippen molar-refractivity contribution in [3.63, 3.8) is 0 Å². The summed E-state index contributed by atoms with van der Waals surface area (Å²) >= 11 is 0. The first kappa shape index (κ1) is 16.4. The highest BCUT2D eigenvalue weighted by Gasteiger charge is 2.12. The summed E-state index contributed by atoms with van der Waals surface area (Å²) in [7, 11) is 0. The van der Waals surface area contributed by atoms with E-state index in [4.69, 9.17) is 4.74 Å². The minimum Gasteiger partial charge on any atom is -0.483 e. The predicted molar refractivity (Wildman–Crippen MR) is 95.9 cm³/mol. The first-order valence-electron chi connectivity index (χ1n) is 7.70. The Bertz CT molecular complexity index is 948. The molecule has 1 N–H and O–H groups in total. The number of non-ortho nitro benzene ring substituents is 1. The topological polar surface area (TPSA) is 81.5 Å². The summed E-state index contributed by atoms with van der Waals surface area (Å²) in [4.78, 5) is 22.5. The van der Waals surface area contributed by atoms with Crippen LogP contribution in [-0.4, -0.2) is 17.4 Å². The van der Waals surface area contributed by atoms with E-state index in [1.54, 1.807) is 19.1 Å². The third-order valence-corrected chi connectivity index (χ3v) is 3.81. The fourth-order valence-corrected chi connectivity index (χ4v) is 2.51. The average molecular weight is 336 g/mol. The van der Waals surface area contributed by atoms with Crippen LogP contribution >= 0.6 is 0 Å². The van der Waals surface area contributed by atoms with Gasteiger partial charge in [0, 0.05) is 17.5 Å². The molecule has 0 heterocycles. The maximum atomic E-state index is 12.1. The van der Waals surface area contributed by atoms with E-state index >= 15 is 0 Å². The number of anilines is 1. The summed E-state index contributed by atoms with van der Waals surface area (Å²) in [5.41, 5.74) is 1.07. The number of fused-ring (bicyclic) bond motifs is 1. The molecule has 0 bridgehead atoms. The van der Waals surface area contributed by atoms with E-state index in [9.17, 15) is 14.9 Å². The fourth-order valence-electron chi connectivity index (χ4n) is 2.51. The fraction of sp³-hybridized carbons (Fsp3) is 0.105. The van der Waals surface area contributed by atoms with E-state index in [-0.39, 0.29) is 18.2 Å². The molecule has 25 heavy (non-hydrogen) atoms. The first-order chi connectivity index (χ1) is 12.0. The number of hydrogen-bond donors (Lipinski definition) is 1. The van der Waals surface area contributed by atoms with Gasteiger partial charge in [0.25, 0.3) is 11.6 Å². The van der Waals surface area contributed by atoms with Crippen LogP contribution < -0.4 is 10.1 Å². The molecule has 3 aromatic carbocycles. The Labute approximate surface area is 144 Å². The first-order valence-corrected chi connectivity index (χ1v) is 7.70. The van der Waals surface area contributed by atoms with Crippen LogP contribution in [0.2, 0.25) is 0 Å². The quantitative estimate of drug-likeness (QED) is 0.562. The zero-order valence-corrected chi connectivity index (χ0v) is 13.6. The zero-order valence-electron chi connectivity index (χ0n) is 13.6. The Morgan fingerprint density at radius 1 is 1.12 bits per heavy atom. The van der Waals surface area contributed by atoms with Gasteiger partial charge in [-0.25, -0.2) is 0 Å². The smallest absolute Gasteiger partial charge is 0.271 e. The summed E-state index contributed by atoms with van der Waals surface area (Å²) in [6.45, 7) is 1.58. The van der Waals surface area contributed by atoms with E-state index in [2.05, 4.69) is 5.32 Å². The van der Waals surface area contributed by atoms with Gasteiger partial charge in [-0.15, -0.1) is 0 Å². The lowest BCUT2D eigenvalue weighted by Gasteiger charge is -2.11. The van der Waals surface area contributed by atoms with Gasteiger partial charge in [0.1, 0.15) is 5.75 Å². The van der Waals surface area contributed by atoms with E-state index in [1.165, 1.54) is 12.1 Å². The van der Waals surface area contributed by atoms with Gasteiger partial charge in [-0.3, -0.25) is 14.9 Å². The lowest BCUT2D eigenvalue weighted by molar-refractivity contribution is -0.384. The summed E-state index contributed by atoms with van der Waals surface area (Å²) in [5, 5.41) is 15.5. The molecule has 0 saturated carbocycles. The zero-order chi connectivity index (χ0) is 17.8. The van der Waals surface area contributed by atoms with Crippen molar-refractivity contribution in [2.24, 2.45) is 0 Å². The van der Waals surface area contributed by atoms with Crippen LogP contribution in [0.5, 0.6) is 5.75 Å². The second kappa shape index (κ2) is 7.00. The predicted octanol–water partition coefficient (Wildman–Crippen LogP) is 4.07. The Morgan fingerprint density at radius 2 is 1.88 bits per heavy atom. The summed E-state index contributed by atoms with van der Waals surface area (Å²) in [6, 6.07) is 17.7. The van der Waals surface area contributed by atoms with Gasteiger partial charge in [-0.05, 0) is 23.9 Å². The molecule has 1 amide bonds. The van der Waals surface area contributed by atoms with Crippen molar-refractivity contribution in [3.05, 3.63) is 76.3 Å². The number of nitro benzene ring substituents is 1. The molecule has 0 atom stereocenters. The van der Waals surface area contributed by atoms with Crippen LogP contribution in [0.4, 0.5) is 11.4 Å². The van der Waals surface area contributed by atoms with Crippen LogP contribution in [0.15, 0.2) is 60.7 Å². The highest BCUT2D eigenvalue weighted by Crippen LogP contribution is 2.25. The molecule has 0 radical (unpaired) electrons. The number of ether oxygens (including phenoxy) is 1. The van der Waals surface area contributed by atoms with E-state index < -0.39 is 4.92 Å². The minimum atomic E-state index is -0.498. The van der Waals surface area contributed by atoms with Gasteiger partial charge in [0.15, 0.2) is 6.61 Å². The minimum absolute atomic E-state index is 0.0733. The van der Waals surface area contributed by atoms with Gasteiger partial charge in [-0.1, -0.05) is 42.5 Å². The number of amides is 1. The second-order valence-electron chi connectivity index (χ2n) is 5.57. The van der Waals surface area contributed by atoms with Crippen LogP contribution in [0.3, 0.4) is 0 Å². The van der Waals surface area contributed by atoms with Crippen molar-refractivity contribution in [2.75, 3.05) is 11.9 Å². The van der Waals surface area contributed by atoms with E-state index in [1.807, 2.05) is 36.4 Å². The highest BCUT2D eigenvalue weighted by atomic mass is 16.6. The molecule has 0 aliphatic heterocycles. The Hall–Kier alpha value is -3.41. The number of aryl methyl sites for hydroxylation is 1. The molecule has 6 nitrogen and oxygen atoms in total. The number of hydrogen-bond acceptors (Lipinski definition) is 4. The van der Waals surface area contributed by atoms with Crippen molar-refractivity contribution >= 4 is 28.1 Å². The molecule has 0 spiro atoms. The molecule has 0 fully saturated rings. The number of nitro groups is 1. The van der Waals surface area contributed by atoms with Crippen molar-refractivity contribution in [2.45, 2.75) is 6.92 Å². The van der Waals surface area contributed by atoms with Crippen LogP contribution in [-0.2, 0) is 4.79 Å². The second-order valence-corrected chi connectivity index (χ2v) is 5.57. The van der Waals surface area contributed by atoms with Gasteiger partial charge < -0.3 is 10.1 Å². The Balaban J connectivity index is 1.71. The largest absolute Gasteiger partial charge is 0.483 e. The summed E-state index contributed by atoms with van der Waals surface area (Å²) in [5.74, 6) is 0.237. The van der Waals surface area contributed by atoms with Crippen molar-refractivity contribution in [1.82, 2.24) is 0 Å². The van der Waals surface area contributed by atoms with E-state index in [0.29, 0.717) is 11.4 Å². The number of rotatable bonds is 5. The molecule has 0 aromatic heterocycles. The third kappa shape index (κ3) is 3.74. The average Bonchev–Trinajstić information content (AvgIpc) is 2.61. The van der Waals surface area contributed by atoms with Crippen molar-refractivity contribution < 1.29 is 14.5 Å². The summed E-state index contributed by atoms with van der Waals surface area (Å²) in [6.07, 6.45) is 0. The molecule has 0 aliphatic rings. The number of carbonyl (C=O) groups is 1. The summed E-state index contributed by atoms with van der Waals surface area (Å²) < 4.78 is 5.62. The molecule has 3 aromatic rings. The maximum Gasteiger partial charge on any atom is 0.271 e. The number of benzene rings is 3. The molecule has 126 valence electrons. The standard InChI is InChI=1S/C19H16N2O4/c1-13-9-10-15(21(23)24)11-17(13)20-19(22)12-25-18-8-4-6-14-5-2-3-7-16(14)18/h2-11H,12H2,1H3,(H,20,22). The third-order valence-electron chi connectivity index (χ3n) is 3.81. The van der Waals surface area contributed by atoms with E-state index in [0.717, 1.165) is 16.3 Å². The molecular formula is C19H16N2O4. The monoisotopic (exact) mass is 336 g/mol. The SMILES string of the molecule is Cc1ccc([N+](=O)[O-])cc1NC(=O)COc1cccc2ccccc12. The normalized spacial score (nSPS) is 10.4. The van der Waals surface area contributed by atoms with Crippen LogP contribution in [0.25, 0.3) is 10.8 Å². The lowest BCUT2D eigenvalue weighted by atomic mass is 10.1. The lowest BCUT2D eigenvalue weighted by Crippen LogP contribution is -2.20. The Kier molecular flexibility index (Phi) is 4.61. The molecule has 0 saturated heterocycles. The molecule has 0 aliphatic carbocycles. The van der Waals surface area contributed by atoms with Gasteiger partial charge in [0.2, 0.25) is 0 Å². The van der Waals surface area contributed by atoms with Gasteiger partial charge in [-0.2, -0.15) is 0 Å². The van der Waals surface area contributed by atoms with Crippen LogP contribution in [0, 0.1) is 17.0 Å². The number of nitrogens with zero attached hydrogens (tertiary/aromatic N) is 1. The van der Waals surface area contributed by atoms with Crippen molar-refractivity contribution in [1.29, 1.82) is 0 Å². The van der Waals surface area contributed by atoms with Crippen molar-refractivity contribution in [3.8, 4) is 5.75 Å². The Morgan fingerprint density at radius 3 is 2.68 bits per heavy atom. The molecule has 6 heteroatoms. The molecular weight excluding hydrogens is 320 g/mol. The maximum absolute atomic E-state index is 12.1.